The maximum Gasteiger partial charge on any atom is 0.339 e. The van der Waals surface area contributed by atoms with Gasteiger partial charge in [-0.3, -0.25) is 0 Å². The van der Waals surface area contributed by atoms with Gasteiger partial charge in [-0.25, -0.2) is 18.4 Å². The van der Waals surface area contributed by atoms with Crippen LogP contribution in [0.3, 0.4) is 0 Å². The molecule has 3 rings (SSSR count). The second-order valence-electron chi connectivity index (χ2n) is 6.48. The summed E-state index contributed by atoms with van der Waals surface area (Å²) < 4.78 is 35.5. The van der Waals surface area contributed by atoms with Gasteiger partial charge in [0.25, 0.3) is 0 Å². The fourth-order valence-corrected chi connectivity index (χ4v) is 3.22. The minimum Gasteiger partial charge on any atom is -0.478 e. The Morgan fingerprint density at radius 1 is 0.828 bits per heavy atom. The average Bonchev–Trinajstić information content (AvgIpc) is 2.64. The smallest absolute Gasteiger partial charge is 0.339 e. The van der Waals surface area contributed by atoms with E-state index in [2.05, 4.69) is 0 Å². The first-order chi connectivity index (χ1) is 13.6. The first-order valence-electron chi connectivity index (χ1n) is 8.56. The molecule has 3 aromatic rings. The van der Waals surface area contributed by atoms with E-state index >= 15 is 0 Å². The van der Waals surface area contributed by atoms with Crippen LogP contribution in [0.1, 0.15) is 21.5 Å². The third-order valence-corrected chi connectivity index (χ3v) is 5.01. The topological polar surface area (TPSA) is 116 Å². The van der Waals surface area contributed by atoms with Crippen LogP contribution in [0, 0.1) is 13.8 Å². The van der Waals surface area contributed by atoms with Crippen molar-refractivity contribution in [2.75, 3.05) is 0 Å². The summed E-state index contributed by atoms with van der Waals surface area (Å²) in [6.45, 7) is 3.80. The number of aryl methyl sites for hydroxylation is 2. The van der Waals surface area contributed by atoms with E-state index < -0.39 is 20.9 Å². The number of aromatic carboxylic acids is 1. The molecule has 0 aliphatic carbocycles. The van der Waals surface area contributed by atoms with Crippen LogP contribution >= 0.6 is 0 Å². The summed E-state index contributed by atoms with van der Waals surface area (Å²) in [5.41, 5.74) is 1.64. The Morgan fingerprint density at radius 3 is 1.69 bits per heavy atom. The van der Waals surface area contributed by atoms with Crippen molar-refractivity contribution in [3.8, 4) is 23.0 Å². The molecule has 0 saturated carbocycles. The fourth-order valence-electron chi connectivity index (χ4n) is 2.56. The van der Waals surface area contributed by atoms with Crippen LogP contribution in [0.25, 0.3) is 0 Å². The van der Waals surface area contributed by atoms with Crippen molar-refractivity contribution in [2.45, 2.75) is 18.7 Å². The van der Waals surface area contributed by atoms with E-state index in [4.69, 9.17) is 14.6 Å². The fraction of sp³-hybridized carbons (Fsp3) is 0.0952. The van der Waals surface area contributed by atoms with Gasteiger partial charge < -0.3 is 14.6 Å². The molecule has 0 amide bonds. The Kier molecular flexibility index (Phi) is 5.58. The number of hydrogen-bond acceptors (Lipinski definition) is 5. The molecule has 0 radical (unpaired) electrons. The number of rotatable bonds is 6. The molecular weight excluding hydrogens is 394 g/mol. The molecule has 0 aliphatic heterocycles. The molecule has 0 aromatic heterocycles. The van der Waals surface area contributed by atoms with Crippen LogP contribution in [0.4, 0.5) is 0 Å². The van der Waals surface area contributed by atoms with E-state index in [9.17, 15) is 18.3 Å². The summed E-state index contributed by atoms with van der Waals surface area (Å²) in [7, 11) is -4.26. The van der Waals surface area contributed by atoms with Crippen molar-refractivity contribution in [1.29, 1.82) is 0 Å². The number of carboxylic acid groups (broad SMARTS) is 1. The van der Waals surface area contributed by atoms with Crippen molar-refractivity contribution < 1.29 is 27.8 Å². The van der Waals surface area contributed by atoms with E-state index in [1.54, 1.807) is 48.5 Å². The average molecular weight is 413 g/mol. The molecular formula is C21H19NO6S. The number of hydrogen-bond donors (Lipinski definition) is 2. The van der Waals surface area contributed by atoms with Gasteiger partial charge in [-0.2, -0.15) is 0 Å². The number of primary sulfonamides is 1. The molecule has 3 aromatic carbocycles. The highest BCUT2D eigenvalue weighted by molar-refractivity contribution is 7.89. The summed E-state index contributed by atoms with van der Waals surface area (Å²) in [5, 5.41) is 14.8. The van der Waals surface area contributed by atoms with Gasteiger partial charge in [-0.15, -0.1) is 0 Å². The first-order valence-corrected chi connectivity index (χ1v) is 10.1. The van der Waals surface area contributed by atoms with Crippen molar-refractivity contribution in [1.82, 2.24) is 0 Å². The Bertz CT molecular complexity index is 1150. The van der Waals surface area contributed by atoms with Crippen LogP contribution in [0.5, 0.6) is 23.0 Å². The summed E-state index contributed by atoms with van der Waals surface area (Å²) in [5.74, 6) is -0.814. The molecule has 0 saturated heterocycles. The lowest BCUT2D eigenvalue weighted by Crippen LogP contribution is -2.15. The zero-order valence-electron chi connectivity index (χ0n) is 15.7. The highest BCUT2D eigenvalue weighted by Crippen LogP contribution is 2.37. The second-order valence-corrected chi connectivity index (χ2v) is 8.01. The third-order valence-electron chi connectivity index (χ3n) is 4.08. The Balaban J connectivity index is 2.12. The van der Waals surface area contributed by atoms with Crippen LogP contribution in [0.15, 0.2) is 65.6 Å². The summed E-state index contributed by atoms with van der Waals surface area (Å²) >= 11 is 0. The van der Waals surface area contributed by atoms with Gasteiger partial charge in [-0.05, 0) is 44.2 Å². The number of nitrogens with two attached hydrogens (primary N) is 1. The van der Waals surface area contributed by atoms with E-state index in [1.165, 1.54) is 6.07 Å². The molecule has 8 heteroatoms. The Morgan fingerprint density at radius 2 is 1.28 bits per heavy atom. The minimum absolute atomic E-state index is 0.0733. The van der Waals surface area contributed by atoms with Crippen LogP contribution in [-0.4, -0.2) is 19.5 Å². The van der Waals surface area contributed by atoms with Gasteiger partial charge in [0.1, 0.15) is 27.7 Å². The Labute approximate surface area is 168 Å². The van der Waals surface area contributed by atoms with Crippen molar-refractivity contribution in [2.24, 2.45) is 5.14 Å². The zero-order valence-corrected chi connectivity index (χ0v) is 16.6. The Hall–Kier alpha value is -3.36. The zero-order chi connectivity index (χ0) is 21.2. The molecule has 29 heavy (non-hydrogen) atoms. The summed E-state index contributed by atoms with van der Waals surface area (Å²) in [4.78, 5) is 11.2. The number of ether oxygens (including phenoxy) is 2. The molecule has 7 nitrogen and oxygen atoms in total. The van der Waals surface area contributed by atoms with E-state index in [-0.39, 0.29) is 17.1 Å². The van der Waals surface area contributed by atoms with Gasteiger partial charge in [0.2, 0.25) is 10.0 Å². The SMILES string of the molecule is Cc1ccc(Oc2cc(Oc3ccc(C)cc3)c(S(N)(=O)=O)cc2C(=O)O)cc1. The molecule has 0 aliphatic rings. The van der Waals surface area contributed by atoms with Gasteiger partial charge in [-0.1, -0.05) is 35.4 Å². The monoisotopic (exact) mass is 413 g/mol. The molecule has 0 unspecified atom stereocenters. The van der Waals surface area contributed by atoms with E-state index in [1.807, 2.05) is 13.8 Å². The molecule has 3 N–H and O–H groups in total. The van der Waals surface area contributed by atoms with Gasteiger partial charge >= 0.3 is 5.97 Å². The molecule has 0 spiro atoms. The lowest BCUT2D eigenvalue weighted by molar-refractivity contribution is 0.0694. The van der Waals surface area contributed by atoms with Gasteiger partial charge in [0.15, 0.2) is 5.75 Å². The largest absolute Gasteiger partial charge is 0.478 e. The number of sulfonamides is 1. The van der Waals surface area contributed by atoms with Crippen LogP contribution in [0.2, 0.25) is 0 Å². The second kappa shape index (κ2) is 7.94. The maximum absolute atomic E-state index is 12.0. The lowest BCUT2D eigenvalue weighted by atomic mass is 10.2. The lowest BCUT2D eigenvalue weighted by Gasteiger charge is -2.15. The highest BCUT2D eigenvalue weighted by Gasteiger charge is 2.24. The quantitative estimate of drug-likeness (QED) is 0.625. The summed E-state index contributed by atoms with van der Waals surface area (Å²) in [6.07, 6.45) is 0. The maximum atomic E-state index is 12.0. The standard InChI is InChI=1S/C21H19NO6S/c1-13-3-7-15(8-4-13)27-18-12-19(28-16-9-5-14(2)6-10-16)20(29(22,25)26)11-17(18)21(23)24/h3-12H,1-2H3,(H,23,24)(H2,22,25,26). The van der Waals surface area contributed by atoms with Crippen molar-refractivity contribution in [3.63, 3.8) is 0 Å². The molecule has 150 valence electrons. The first kappa shape index (κ1) is 20.4. The van der Waals surface area contributed by atoms with Crippen molar-refractivity contribution in [3.05, 3.63) is 77.4 Å². The minimum atomic E-state index is -4.26. The third kappa shape index (κ3) is 4.92. The summed E-state index contributed by atoms with van der Waals surface area (Å²) in [6, 6.07) is 16.0. The molecule has 0 heterocycles. The molecule has 0 atom stereocenters. The predicted molar refractivity (Wildman–Crippen MR) is 107 cm³/mol. The van der Waals surface area contributed by atoms with Gasteiger partial charge in [0.05, 0.1) is 0 Å². The van der Waals surface area contributed by atoms with Gasteiger partial charge in [0, 0.05) is 6.07 Å². The number of carboxylic acids is 1. The van der Waals surface area contributed by atoms with Crippen LogP contribution in [-0.2, 0) is 10.0 Å². The number of benzene rings is 3. The normalized spacial score (nSPS) is 11.1. The van der Waals surface area contributed by atoms with Crippen LogP contribution < -0.4 is 14.6 Å². The predicted octanol–water partition coefficient (Wildman–Crippen LogP) is 4.23. The number of carbonyl (C=O) groups is 1. The molecule has 0 bridgehead atoms. The highest BCUT2D eigenvalue weighted by atomic mass is 32.2. The van der Waals surface area contributed by atoms with E-state index in [0.29, 0.717) is 11.5 Å². The van der Waals surface area contributed by atoms with Crippen molar-refractivity contribution >= 4 is 16.0 Å². The van der Waals surface area contributed by atoms with E-state index in [0.717, 1.165) is 17.2 Å². The molecule has 0 fully saturated rings.